The Labute approximate surface area is 273 Å². The zero-order valence-corrected chi connectivity index (χ0v) is 25.7. The molecule has 6 aromatic rings. The molecule has 1 N–H and O–H groups in total. The van der Waals surface area contributed by atoms with Gasteiger partial charge in [-0.05, 0) is 36.8 Å². The van der Waals surface area contributed by atoms with Crippen molar-refractivity contribution < 1.29 is 18.3 Å². The first kappa shape index (κ1) is 28.7. The molecule has 2 saturated heterocycles. The summed E-state index contributed by atoms with van der Waals surface area (Å²) in [7, 11) is 0. The van der Waals surface area contributed by atoms with Gasteiger partial charge < -0.3 is 24.4 Å². The number of nitrogens with one attached hydrogen (secondary N) is 1. The molecule has 3 aliphatic heterocycles. The van der Waals surface area contributed by atoms with Gasteiger partial charge >= 0.3 is 0 Å². The lowest BCUT2D eigenvalue weighted by atomic mass is 10.1. The average Bonchev–Trinajstić information content (AvgIpc) is 3.78. The molecule has 4 aromatic heterocycles. The summed E-state index contributed by atoms with van der Waals surface area (Å²) in [5, 5.41) is 8.54. The topological polar surface area (TPSA) is 119 Å². The normalized spacial score (nSPS) is 21.2. The Morgan fingerprint density at radius 1 is 0.979 bits per heavy atom. The fraction of sp³-hybridized carbons (Fsp3) is 0.294. The molecule has 0 radical (unpaired) electrons. The first-order valence-electron chi connectivity index (χ1n) is 16.0. The molecule has 48 heavy (non-hydrogen) atoms. The zero-order valence-electron chi connectivity index (χ0n) is 25.7. The molecule has 12 nitrogen and oxygen atoms in total. The average molecular weight is 649 g/mol. The van der Waals surface area contributed by atoms with Crippen LogP contribution in [0.1, 0.15) is 6.42 Å². The van der Waals surface area contributed by atoms with Crippen LogP contribution < -0.4 is 10.2 Å². The number of rotatable bonds is 2. The third kappa shape index (κ3) is 4.82. The highest BCUT2D eigenvalue weighted by molar-refractivity contribution is 5.93. The van der Waals surface area contributed by atoms with E-state index in [0.717, 1.165) is 28.4 Å². The van der Waals surface area contributed by atoms with E-state index in [1.807, 2.05) is 46.5 Å². The first-order chi connectivity index (χ1) is 23.5. The van der Waals surface area contributed by atoms with Crippen LogP contribution in [0.25, 0.3) is 39.0 Å². The largest absolute Gasteiger partial charge is 0.379 e. The number of para-hydroxylation sites is 1. The second kappa shape index (κ2) is 11.3. The van der Waals surface area contributed by atoms with Crippen LogP contribution >= 0.6 is 0 Å². The molecule has 6 bridgehead atoms. The van der Waals surface area contributed by atoms with Gasteiger partial charge in [-0.2, -0.15) is 5.10 Å². The molecule has 0 saturated carbocycles. The Balaban J connectivity index is 1.14. The van der Waals surface area contributed by atoms with Crippen molar-refractivity contribution in [3.05, 3.63) is 85.1 Å². The van der Waals surface area contributed by atoms with Gasteiger partial charge in [-0.3, -0.25) is 4.79 Å². The van der Waals surface area contributed by atoms with Crippen molar-refractivity contribution in [2.75, 3.05) is 43.1 Å². The lowest BCUT2D eigenvalue weighted by molar-refractivity contribution is -0.132. The van der Waals surface area contributed by atoms with Gasteiger partial charge in [-0.25, -0.2) is 33.4 Å². The number of fused-ring (bicyclic) bond motifs is 8. The number of aromatic nitrogens is 7. The van der Waals surface area contributed by atoms with Crippen molar-refractivity contribution in [2.24, 2.45) is 5.92 Å². The van der Waals surface area contributed by atoms with Crippen LogP contribution in [0.5, 0.6) is 0 Å². The number of carbonyl (C=O) groups is 1. The standard InChI is InChI=1S/C34H30F2N10O2/c35-21-7-8-28(25(36)11-21)46-33-24(13-40-46)32(37-18-38-33)45-16-22-12-29(45)34(47)43-9-10-48-17-20(14-43)15-44-19-39-27-5-1-3-23(31(27)44)26-4-2-6-30(41-22)42-26/h1-8,11,13,18-20,22,29H,9-10,12,14-17H2,(H,41,42)/t20-,22-,29-/m0/s1. The number of ether oxygens (including phenoxy) is 1. The Morgan fingerprint density at radius 2 is 1.90 bits per heavy atom. The molecule has 0 aliphatic carbocycles. The van der Waals surface area contributed by atoms with Crippen molar-refractivity contribution in [1.29, 1.82) is 0 Å². The van der Waals surface area contributed by atoms with Gasteiger partial charge in [0.05, 0.1) is 47.9 Å². The SMILES string of the molecule is O=C1[C@@H]2C[C@@H](CN2c2ncnc3c2cnn3-c2ccc(F)cc2F)Nc2cccc(n2)-c2cccc3ncn(c23)C[C@H]2COCCN1C2. The van der Waals surface area contributed by atoms with Crippen LogP contribution in [0.15, 0.2) is 73.4 Å². The maximum Gasteiger partial charge on any atom is 0.245 e. The molecule has 242 valence electrons. The number of anilines is 2. The second-order valence-corrected chi connectivity index (χ2v) is 12.5. The van der Waals surface area contributed by atoms with Crippen LogP contribution in [0.3, 0.4) is 0 Å². The molecule has 3 aliphatic rings. The summed E-state index contributed by atoms with van der Waals surface area (Å²) in [5.41, 5.74) is 4.09. The number of carbonyl (C=O) groups excluding carboxylic acids is 1. The quantitative estimate of drug-likeness (QED) is 0.297. The predicted molar refractivity (Wildman–Crippen MR) is 174 cm³/mol. The number of amides is 1. The van der Waals surface area contributed by atoms with Crippen molar-refractivity contribution >= 4 is 39.6 Å². The van der Waals surface area contributed by atoms with Crippen LogP contribution in [-0.2, 0) is 16.1 Å². The second-order valence-electron chi connectivity index (χ2n) is 12.5. The van der Waals surface area contributed by atoms with Crippen molar-refractivity contribution in [3.8, 4) is 16.9 Å². The summed E-state index contributed by atoms with van der Waals surface area (Å²) < 4.78 is 38.0. The third-order valence-corrected chi connectivity index (χ3v) is 9.46. The number of hydrogen-bond donors (Lipinski definition) is 1. The van der Waals surface area contributed by atoms with E-state index in [2.05, 4.69) is 36.0 Å². The minimum atomic E-state index is -0.765. The summed E-state index contributed by atoms with van der Waals surface area (Å²) in [6.45, 7) is 3.02. The lowest BCUT2D eigenvalue weighted by Gasteiger charge is -2.31. The van der Waals surface area contributed by atoms with Crippen molar-refractivity contribution in [3.63, 3.8) is 0 Å². The Bertz CT molecular complexity index is 2200. The number of nitrogens with zero attached hydrogens (tertiary/aromatic N) is 9. The van der Waals surface area contributed by atoms with Crippen LogP contribution in [0, 0.1) is 17.6 Å². The fourth-order valence-corrected chi connectivity index (χ4v) is 7.32. The molecule has 2 fully saturated rings. The monoisotopic (exact) mass is 648 g/mol. The van der Waals surface area contributed by atoms with Gasteiger partial charge in [0.25, 0.3) is 0 Å². The number of benzene rings is 2. The van der Waals surface area contributed by atoms with E-state index in [1.165, 1.54) is 23.1 Å². The summed E-state index contributed by atoms with van der Waals surface area (Å²) >= 11 is 0. The van der Waals surface area contributed by atoms with Gasteiger partial charge in [0.2, 0.25) is 5.91 Å². The van der Waals surface area contributed by atoms with E-state index < -0.39 is 17.7 Å². The van der Waals surface area contributed by atoms with E-state index >= 15 is 0 Å². The molecule has 0 spiro atoms. The van der Waals surface area contributed by atoms with Crippen LogP contribution in [0.4, 0.5) is 20.4 Å². The van der Waals surface area contributed by atoms with Crippen molar-refractivity contribution in [2.45, 2.75) is 25.0 Å². The fourth-order valence-electron chi connectivity index (χ4n) is 7.32. The van der Waals surface area contributed by atoms with E-state index in [1.54, 1.807) is 6.20 Å². The molecule has 14 heteroatoms. The molecule has 3 atom stereocenters. The highest BCUT2D eigenvalue weighted by Gasteiger charge is 2.41. The Hall–Kier alpha value is -5.50. The van der Waals surface area contributed by atoms with Gasteiger partial charge in [0, 0.05) is 49.8 Å². The van der Waals surface area contributed by atoms with E-state index in [4.69, 9.17) is 9.72 Å². The van der Waals surface area contributed by atoms with Crippen LogP contribution in [-0.4, -0.2) is 90.0 Å². The minimum Gasteiger partial charge on any atom is -0.379 e. The highest BCUT2D eigenvalue weighted by atomic mass is 19.1. The third-order valence-electron chi connectivity index (χ3n) is 9.46. The molecular formula is C34H30F2N10O2. The predicted octanol–water partition coefficient (Wildman–Crippen LogP) is 4.05. The van der Waals surface area contributed by atoms with Gasteiger partial charge in [0.15, 0.2) is 11.5 Å². The number of imidazole rings is 1. The lowest BCUT2D eigenvalue weighted by Crippen LogP contribution is -2.48. The molecule has 7 heterocycles. The minimum absolute atomic E-state index is 0.0220. The summed E-state index contributed by atoms with van der Waals surface area (Å²) in [4.78, 5) is 37.2. The summed E-state index contributed by atoms with van der Waals surface area (Å²) in [5.74, 6) is -0.235. The molecular weight excluding hydrogens is 618 g/mol. The Morgan fingerprint density at radius 3 is 2.81 bits per heavy atom. The number of hydrogen-bond acceptors (Lipinski definition) is 9. The zero-order chi connectivity index (χ0) is 32.4. The van der Waals surface area contributed by atoms with E-state index in [0.29, 0.717) is 68.5 Å². The van der Waals surface area contributed by atoms with Crippen LogP contribution in [0.2, 0.25) is 0 Å². The molecule has 2 aromatic carbocycles. The van der Waals surface area contributed by atoms with Crippen molar-refractivity contribution in [1.82, 2.24) is 39.2 Å². The first-order valence-corrected chi connectivity index (χ1v) is 16.0. The Kier molecular flexibility index (Phi) is 6.78. The maximum atomic E-state index is 14.8. The maximum absolute atomic E-state index is 14.8. The number of pyridine rings is 1. The molecule has 0 unspecified atom stereocenters. The van der Waals surface area contributed by atoms with Gasteiger partial charge in [-0.15, -0.1) is 0 Å². The van der Waals surface area contributed by atoms with E-state index in [9.17, 15) is 13.6 Å². The van der Waals surface area contributed by atoms with Gasteiger partial charge in [-0.1, -0.05) is 18.2 Å². The molecule has 1 amide bonds. The summed E-state index contributed by atoms with van der Waals surface area (Å²) in [6, 6.07) is 14.6. The highest BCUT2D eigenvalue weighted by Crippen LogP contribution is 2.34. The van der Waals surface area contributed by atoms with Gasteiger partial charge in [0.1, 0.15) is 35.5 Å². The smallest absolute Gasteiger partial charge is 0.245 e. The summed E-state index contributed by atoms with van der Waals surface area (Å²) in [6.07, 6.45) is 5.30. The van der Waals surface area contributed by atoms with E-state index in [-0.39, 0.29) is 23.6 Å². The number of halogens is 2. The molecule has 9 rings (SSSR count).